The van der Waals surface area contributed by atoms with E-state index in [1.54, 1.807) is 0 Å². The number of hydrogen-bond acceptors (Lipinski definition) is 2. The number of nitrogens with zero attached hydrogens (tertiary/aromatic N) is 2. The molecule has 3 heteroatoms. The van der Waals surface area contributed by atoms with E-state index in [0.717, 1.165) is 56.4 Å². The van der Waals surface area contributed by atoms with Crippen molar-refractivity contribution in [3.05, 3.63) is 367 Å². The van der Waals surface area contributed by atoms with Crippen LogP contribution in [-0.4, -0.2) is 6.71 Å². The van der Waals surface area contributed by atoms with Crippen molar-refractivity contribution in [2.45, 2.75) is 57.8 Å². The molecule has 2 heterocycles. The second-order valence-corrected chi connectivity index (χ2v) is 28.3. The Labute approximate surface area is 566 Å². The van der Waals surface area contributed by atoms with Crippen LogP contribution in [-0.2, 0) is 16.2 Å². The van der Waals surface area contributed by atoms with Crippen LogP contribution >= 0.6 is 0 Å². The molecule has 0 fully saturated rings. The third-order valence-electron chi connectivity index (χ3n) is 20.6. The highest BCUT2D eigenvalue weighted by molar-refractivity contribution is 7.00. The van der Waals surface area contributed by atoms with Crippen molar-refractivity contribution < 1.29 is 0 Å². The molecule has 14 aromatic carbocycles. The van der Waals surface area contributed by atoms with Gasteiger partial charge in [-0.3, -0.25) is 0 Å². The van der Waals surface area contributed by atoms with Gasteiger partial charge in [-0.05, 0) is 165 Å². The molecule has 1 aliphatic carbocycles. The number of anilines is 6. The summed E-state index contributed by atoms with van der Waals surface area (Å²) >= 11 is 0. The number of hydrogen-bond donors (Lipinski definition) is 0. The van der Waals surface area contributed by atoms with Crippen molar-refractivity contribution in [1.29, 1.82) is 0 Å². The Bertz CT molecular complexity index is 4860. The molecule has 0 N–H and O–H groups in total. The molecular formula is C93H73BN2. The summed E-state index contributed by atoms with van der Waals surface area (Å²) in [6.07, 6.45) is 0. The quantitative estimate of drug-likeness (QED) is 0.126. The molecule has 2 aliphatic heterocycles. The molecule has 0 atom stereocenters. The molecule has 0 saturated heterocycles. The van der Waals surface area contributed by atoms with Crippen LogP contribution in [0.4, 0.5) is 34.1 Å². The van der Waals surface area contributed by atoms with Crippen LogP contribution in [0.1, 0.15) is 74.9 Å². The monoisotopic (exact) mass is 1230 g/mol. The predicted octanol–water partition coefficient (Wildman–Crippen LogP) is 22.7. The highest BCUT2D eigenvalue weighted by Gasteiger charge is 2.51. The first kappa shape index (κ1) is 58.6. The van der Waals surface area contributed by atoms with E-state index in [0.29, 0.717) is 0 Å². The molecule has 458 valence electrons. The molecule has 3 aliphatic rings. The molecule has 0 radical (unpaired) electrons. The fourth-order valence-corrected chi connectivity index (χ4v) is 16.0. The van der Waals surface area contributed by atoms with Crippen LogP contribution in [0.2, 0.25) is 0 Å². The van der Waals surface area contributed by atoms with E-state index in [-0.39, 0.29) is 17.5 Å². The van der Waals surface area contributed by atoms with Crippen molar-refractivity contribution >= 4 is 57.2 Å². The second kappa shape index (κ2) is 23.0. The zero-order valence-corrected chi connectivity index (χ0v) is 55.2. The lowest BCUT2D eigenvalue weighted by Gasteiger charge is -2.47. The Kier molecular flexibility index (Phi) is 14.1. The lowest BCUT2D eigenvalue weighted by Crippen LogP contribution is -2.61. The van der Waals surface area contributed by atoms with Crippen LogP contribution < -0.4 is 26.2 Å². The summed E-state index contributed by atoms with van der Waals surface area (Å²) in [5, 5.41) is 0. The Morgan fingerprint density at radius 2 is 0.552 bits per heavy atom. The SMILES string of the molecule is CC(C)(C)c1cc(-c2ccccc2)c(N2c3ccc(-c4ccccc4)cc3B3c4cc(-c5ccccc5)ccc4N(c4c(-c5ccccc5)cc(C(C)(C)C)cc4-c4ccccc4)c4cc(C5(c6ccccc6)c6ccccc6-c6ccccc65)cc2c43)c(-c2ccccc2)c1. The fourth-order valence-electron chi connectivity index (χ4n) is 16.0. The Morgan fingerprint density at radius 3 is 0.885 bits per heavy atom. The van der Waals surface area contributed by atoms with Gasteiger partial charge in [-0.15, -0.1) is 0 Å². The molecule has 0 aromatic heterocycles. The molecule has 17 rings (SSSR count). The van der Waals surface area contributed by atoms with Gasteiger partial charge < -0.3 is 9.80 Å². The summed E-state index contributed by atoms with van der Waals surface area (Å²) in [6.45, 7) is 13.9. The lowest BCUT2D eigenvalue weighted by atomic mass is 9.33. The van der Waals surface area contributed by atoms with E-state index in [9.17, 15) is 0 Å². The smallest absolute Gasteiger partial charge is 0.252 e. The number of fused-ring (bicyclic) bond motifs is 7. The number of rotatable bonds is 10. The van der Waals surface area contributed by atoms with Gasteiger partial charge >= 0.3 is 0 Å². The van der Waals surface area contributed by atoms with Gasteiger partial charge in [0.1, 0.15) is 0 Å². The van der Waals surface area contributed by atoms with Crippen LogP contribution in [0.25, 0.3) is 77.9 Å². The van der Waals surface area contributed by atoms with E-state index in [4.69, 9.17) is 0 Å². The lowest BCUT2D eigenvalue weighted by molar-refractivity contribution is 0.590. The minimum Gasteiger partial charge on any atom is -0.310 e. The normalized spacial score (nSPS) is 13.3. The molecule has 0 unspecified atom stereocenters. The first-order valence-electron chi connectivity index (χ1n) is 33.9. The molecule has 0 bridgehead atoms. The zero-order chi connectivity index (χ0) is 64.9. The van der Waals surface area contributed by atoms with Crippen molar-refractivity contribution in [2.24, 2.45) is 0 Å². The van der Waals surface area contributed by atoms with Gasteiger partial charge in [-0.25, -0.2) is 0 Å². The third kappa shape index (κ3) is 9.54. The van der Waals surface area contributed by atoms with Crippen LogP contribution in [0.15, 0.2) is 334 Å². The van der Waals surface area contributed by atoms with Crippen molar-refractivity contribution in [2.75, 3.05) is 9.80 Å². The van der Waals surface area contributed by atoms with Gasteiger partial charge in [-0.1, -0.05) is 327 Å². The van der Waals surface area contributed by atoms with Crippen LogP contribution in [0.5, 0.6) is 0 Å². The minimum atomic E-state index is -0.789. The minimum absolute atomic E-state index is 0.193. The fraction of sp³-hybridized carbons (Fsp3) is 0.0968. The highest BCUT2D eigenvalue weighted by atomic mass is 15.2. The zero-order valence-electron chi connectivity index (χ0n) is 55.2. The van der Waals surface area contributed by atoms with Crippen LogP contribution in [0, 0.1) is 0 Å². The molecule has 0 amide bonds. The van der Waals surface area contributed by atoms with E-state index in [1.807, 2.05) is 0 Å². The molecule has 2 nitrogen and oxygen atoms in total. The van der Waals surface area contributed by atoms with Gasteiger partial charge in [0.15, 0.2) is 0 Å². The average molecular weight is 1230 g/mol. The summed E-state index contributed by atoms with van der Waals surface area (Å²) in [7, 11) is 0. The number of benzene rings is 14. The van der Waals surface area contributed by atoms with Gasteiger partial charge in [0, 0.05) is 45.0 Å². The first-order chi connectivity index (χ1) is 46.9. The van der Waals surface area contributed by atoms with E-state index in [2.05, 4.69) is 385 Å². The standard InChI is InChI=1S/C93H73BN2/c1-91(2,3)71-56-76(64-36-18-9-19-37-64)89(77(57-71)65-38-20-10-21-39-65)95-84-52-50-68(62-32-14-7-15-33-62)54-82(84)94-83-55-69(63-34-16-8-17-35-63)51-53-85(83)96(90-78(66-40-22-11-23-41-66)58-72(92(4,5)6)59-79(90)67-42-24-12-25-43-67)87-61-73(60-86(95)88(87)94)93(70-44-26-13-27-45-70)80-48-30-28-46-74(80)75-47-29-31-49-81(75)93/h7-61H,1-6H3. The topological polar surface area (TPSA) is 6.48 Å². The van der Waals surface area contributed by atoms with Crippen molar-refractivity contribution in [3.63, 3.8) is 0 Å². The first-order valence-corrected chi connectivity index (χ1v) is 33.9. The summed E-state index contributed by atoms with van der Waals surface area (Å²) in [5.41, 5.74) is 33.3. The van der Waals surface area contributed by atoms with Crippen molar-refractivity contribution in [3.8, 4) is 77.9 Å². The van der Waals surface area contributed by atoms with Crippen molar-refractivity contribution in [1.82, 2.24) is 0 Å². The largest absolute Gasteiger partial charge is 0.310 e. The Balaban J connectivity index is 1.12. The van der Waals surface area contributed by atoms with E-state index >= 15 is 0 Å². The summed E-state index contributed by atoms with van der Waals surface area (Å²) < 4.78 is 0. The summed E-state index contributed by atoms with van der Waals surface area (Å²) in [5.74, 6) is 0. The van der Waals surface area contributed by atoms with Gasteiger partial charge in [0.25, 0.3) is 6.71 Å². The van der Waals surface area contributed by atoms with Gasteiger partial charge in [-0.2, -0.15) is 0 Å². The van der Waals surface area contributed by atoms with Gasteiger partial charge in [0.2, 0.25) is 0 Å². The van der Waals surface area contributed by atoms with E-state index in [1.165, 1.54) is 105 Å². The molecular weight excluding hydrogens is 1160 g/mol. The molecule has 0 spiro atoms. The maximum absolute atomic E-state index is 2.73. The maximum atomic E-state index is 2.73. The molecule has 0 saturated carbocycles. The third-order valence-corrected chi connectivity index (χ3v) is 20.6. The highest BCUT2D eigenvalue weighted by Crippen LogP contribution is 2.60. The average Bonchev–Trinajstić information content (AvgIpc) is 1.05. The summed E-state index contributed by atoms with van der Waals surface area (Å²) in [6, 6.07) is 127. The van der Waals surface area contributed by atoms with Crippen LogP contribution in [0.3, 0.4) is 0 Å². The van der Waals surface area contributed by atoms with Gasteiger partial charge in [0.05, 0.1) is 16.8 Å². The molecule has 96 heavy (non-hydrogen) atoms. The Morgan fingerprint density at radius 1 is 0.250 bits per heavy atom. The Hall–Kier alpha value is -11.3. The maximum Gasteiger partial charge on any atom is 0.252 e. The van der Waals surface area contributed by atoms with E-state index < -0.39 is 5.41 Å². The predicted molar refractivity (Wildman–Crippen MR) is 408 cm³/mol. The summed E-state index contributed by atoms with van der Waals surface area (Å²) in [4.78, 5) is 5.46. The second-order valence-electron chi connectivity index (χ2n) is 28.3. The molecule has 14 aromatic rings.